The summed E-state index contributed by atoms with van der Waals surface area (Å²) in [7, 11) is 0. The molecule has 0 radical (unpaired) electrons. The van der Waals surface area contributed by atoms with E-state index in [9.17, 15) is 10.1 Å². The first-order chi connectivity index (χ1) is 14.0. The Hall–Kier alpha value is -2.88. The Morgan fingerprint density at radius 1 is 1.41 bits per heavy atom. The molecule has 10 heteroatoms. The van der Waals surface area contributed by atoms with Crippen molar-refractivity contribution >= 4 is 33.9 Å². The summed E-state index contributed by atoms with van der Waals surface area (Å²) in [6, 6.07) is 12.3. The van der Waals surface area contributed by atoms with Crippen LogP contribution in [0.1, 0.15) is 6.42 Å². The number of rotatable bonds is 5. The molecule has 29 heavy (non-hydrogen) atoms. The van der Waals surface area contributed by atoms with Gasteiger partial charge in [-0.25, -0.2) is 0 Å². The van der Waals surface area contributed by atoms with E-state index in [4.69, 9.17) is 27.2 Å². The Balaban J connectivity index is 0.000000169. The summed E-state index contributed by atoms with van der Waals surface area (Å²) >= 11 is 5.96. The predicted octanol–water partition coefficient (Wildman–Crippen LogP) is 2.80. The summed E-state index contributed by atoms with van der Waals surface area (Å²) < 4.78 is 6.39. The Morgan fingerprint density at radius 3 is 3.00 bits per heavy atom. The molecule has 0 saturated heterocycles. The van der Waals surface area contributed by atoms with Crippen LogP contribution in [-0.2, 0) is 6.54 Å². The first-order valence-corrected chi connectivity index (χ1v) is 9.50. The highest BCUT2D eigenvalue weighted by Gasteiger charge is 2.26. The zero-order valence-electron chi connectivity index (χ0n) is 15.6. The molecule has 1 aromatic heterocycles. The van der Waals surface area contributed by atoms with Crippen molar-refractivity contribution in [3.8, 4) is 6.01 Å². The van der Waals surface area contributed by atoms with Gasteiger partial charge in [0.05, 0.1) is 6.54 Å². The summed E-state index contributed by atoms with van der Waals surface area (Å²) in [5, 5.41) is 26.0. The molecule has 1 aliphatic heterocycles. The standard InChI is InChI=1S/C13H15ClN2.C6H7N3O4/c14-11-5-6-12-10(9-11)3-1-4-13(12)16-8-2-7-15;10-4-1-8-2-5(9(11)12)7-6(8)13-3-4/h1,3-6,9,16H,2,7-8,15H2;2,4,10H,1,3H2. The molecule has 0 fully saturated rings. The molecular formula is C19H22ClN5O4. The maximum atomic E-state index is 10.3. The topological polar surface area (TPSA) is 128 Å². The van der Waals surface area contributed by atoms with Gasteiger partial charge >= 0.3 is 11.8 Å². The van der Waals surface area contributed by atoms with Crippen molar-refractivity contribution in [2.75, 3.05) is 25.0 Å². The molecule has 2 aromatic carbocycles. The number of fused-ring (bicyclic) bond motifs is 2. The number of nitrogens with two attached hydrogens (primary N) is 1. The summed E-state index contributed by atoms with van der Waals surface area (Å²) in [6.45, 7) is 2.03. The fraction of sp³-hybridized carbons (Fsp3) is 0.316. The van der Waals surface area contributed by atoms with E-state index in [0.29, 0.717) is 6.54 Å². The largest absolute Gasteiger partial charge is 0.443 e. The van der Waals surface area contributed by atoms with E-state index in [-0.39, 0.29) is 25.0 Å². The molecule has 4 rings (SSSR count). The third-order valence-corrected chi connectivity index (χ3v) is 4.50. The van der Waals surface area contributed by atoms with E-state index in [1.165, 1.54) is 16.2 Å². The number of benzene rings is 2. The number of anilines is 1. The molecule has 0 amide bonds. The van der Waals surface area contributed by atoms with Crippen molar-refractivity contribution < 1.29 is 14.8 Å². The summed E-state index contributed by atoms with van der Waals surface area (Å²) in [5.41, 5.74) is 6.61. The highest BCUT2D eigenvalue weighted by Crippen LogP contribution is 2.26. The lowest BCUT2D eigenvalue weighted by Gasteiger charge is -2.16. The van der Waals surface area contributed by atoms with Crippen molar-refractivity contribution in [1.82, 2.24) is 9.55 Å². The molecule has 0 bridgehead atoms. The van der Waals surface area contributed by atoms with Gasteiger partial charge in [0.15, 0.2) is 0 Å². The molecule has 1 aliphatic rings. The van der Waals surface area contributed by atoms with Gasteiger partial charge in [0.25, 0.3) is 0 Å². The van der Waals surface area contributed by atoms with Gasteiger partial charge in [-0.1, -0.05) is 29.8 Å². The quantitative estimate of drug-likeness (QED) is 0.329. The normalized spacial score (nSPS) is 15.1. The summed E-state index contributed by atoms with van der Waals surface area (Å²) in [6.07, 6.45) is 1.60. The predicted molar refractivity (Wildman–Crippen MR) is 112 cm³/mol. The molecule has 2 heterocycles. The maximum Gasteiger partial charge on any atom is 0.414 e. The van der Waals surface area contributed by atoms with Gasteiger partial charge in [-0.05, 0) is 41.5 Å². The number of nitrogens with zero attached hydrogens (tertiary/aromatic N) is 3. The smallest absolute Gasteiger partial charge is 0.414 e. The second kappa shape index (κ2) is 9.55. The Morgan fingerprint density at radius 2 is 2.24 bits per heavy atom. The number of aliphatic hydroxyl groups is 1. The number of aromatic nitrogens is 2. The minimum Gasteiger partial charge on any atom is -0.443 e. The first-order valence-electron chi connectivity index (χ1n) is 9.12. The van der Waals surface area contributed by atoms with Gasteiger partial charge < -0.3 is 31.0 Å². The Labute approximate surface area is 172 Å². The van der Waals surface area contributed by atoms with Crippen molar-refractivity contribution in [2.45, 2.75) is 19.1 Å². The van der Waals surface area contributed by atoms with Crippen LogP contribution in [0.3, 0.4) is 0 Å². The SMILES string of the molecule is NCCCNc1cccc2cc(Cl)ccc12.O=[N+]([O-])c1cn2c(n1)OCC(O)C2. The highest BCUT2D eigenvalue weighted by molar-refractivity contribution is 6.31. The number of nitro groups is 1. The van der Waals surface area contributed by atoms with Crippen LogP contribution in [0.2, 0.25) is 5.02 Å². The second-order valence-corrected chi connectivity index (χ2v) is 6.93. The number of ether oxygens (including phenoxy) is 1. The Bertz CT molecular complexity index is 994. The lowest BCUT2D eigenvalue weighted by molar-refractivity contribution is -0.389. The van der Waals surface area contributed by atoms with Gasteiger partial charge in [-0.2, -0.15) is 0 Å². The van der Waals surface area contributed by atoms with Crippen LogP contribution in [-0.4, -0.2) is 45.4 Å². The number of hydrogen-bond acceptors (Lipinski definition) is 7. The minimum atomic E-state index is -0.624. The fourth-order valence-electron chi connectivity index (χ4n) is 2.90. The molecule has 0 spiro atoms. The third kappa shape index (κ3) is 5.35. The van der Waals surface area contributed by atoms with Crippen LogP contribution in [0.15, 0.2) is 42.6 Å². The molecule has 9 nitrogen and oxygen atoms in total. The lowest BCUT2D eigenvalue weighted by Crippen LogP contribution is -2.29. The van der Waals surface area contributed by atoms with Gasteiger partial charge in [0.1, 0.15) is 18.9 Å². The number of halogens is 1. The van der Waals surface area contributed by atoms with E-state index in [0.717, 1.165) is 29.1 Å². The maximum absolute atomic E-state index is 10.3. The summed E-state index contributed by atoms with van der Waals surface area (Å²) in [5.74, 6) is -0.260. The van der Waals surface area contributed by atoms with E-state index >= 15 is 0 Å². The highest BCUT2D eigenvalue weighted by atomic mass is 35.5. The summed E-state index contributed by atoms with van der Waals surface area (Å²) in [4.78, 5) is 13.3. The van der Waals surface area contributed by atoms with Crippen molar-refractivity contribution in [3.63, 3.8) is 0 Å². The average molecular weight is 420 g/mol. The lowest BCUT2D eigenvalue weighted by atomic mass is 10.1. The zero-order valence-corrected chi connectivity index (χ0v) is 16.4. The number of hydrogen-bond donors (Lipinski definition) is 3. The first kappa shape index (κ1) is 20.8. The molecular weight excluding hydrogens is 398 g/mol. The van der Waals surface area contributed by atoms with E-state index < -0.39 is 11.0 Å². The van der Waals surface area contributed by atoms with Crippen LogP contribution in [0, 0.1) is 10.1 Å². The van der Waals surface area contributed by atoms with Gasteiger partial charge in [-0.15, -0.1) is 0 Å². The van der Waals surface area contributed by atoms with Crippen molar-refractivity contribution in [1.29, 1.82) is 0 Å². The van der Waals surface area contributed by atoms with Crippen LogP contribution >= 0.6 is 11.6 Å². The number of aliphatic hydroxyl groups excluding tert-OH is 1. The van der Waals surface area contributed by atoms with Gasteiger partial charge in [-0.3, -0.25) is 4.57 Å². The van der Waals surface area contributed by atoms with Crippen molar-refractivity contribution in [3.05, 3.63) is 57.7 Å². The van der Waals surface area contributed by atoms with Crippen molar-refractivity contribution in [2.24, 2.45) is 5.73 Å². The molecule has 0 saturated carbocycles. The minimum absolute atomic E-state index is 0.133. The molecule has 154 valence electrons. The molecule has 4 N–H and O–H groups in total. The van der Waals surface area contributed by atoms with E-state index in [2.05, 4.69) is 22.4 Å². The van der Waals surface area contributed by atoms with E-state index in [1.807, 2.05) is 24.3 Å². The van der Waals surface area contributed by atoms with Crippen LogP contribution < -0.4 is 15.8 Å². The van der Waals surface area contributed by atoms with Gasteiger partial charge in [0.2, 0.25) is 0 Å². The van der Waals surface area contributed by atoms with Crippen LogP contribution in [0.4, 0.5) is 11.5 Å². The number of nitrogens with one attached hydrogen (secondary N) is 1. The molecule has 1 unspecified atom stereocenters. The van der Waals surface area contributed by atoms with Crippen LogP contribution in [0.5, 0.6) is 6.01 Å². The van der Waals surface area contributed by atoms with Gasteiger partial charge in [0, 0.05) is 27.6 Å². The van der Waals surface area contributed by atoms with E-state index in [1.54, 1.807) is 0 Å². The number of imidazole rings is 1. The zero-order chi connectivity index (χ0) is 20.8. The average Bonchev–Trinajstić information content (AvgIpc) is 3.12. The third-order valence-electron chi connectivity index (χ3n) is 4.27. The fourth-order valence-corrected chi connectivity index (χ4v) is 3.08. The Kier molecular flexibility index (Phi) is 6.86. The molecule has 3 aromatic rings. The molecule has 1 atom stereocenters. The monoisotopic (exact) mass is 419 g/mol. The molecule has 0 aliphatic carbocycles. The second-order valence-electron chi connectivity index (χ2n) is 6.50. The van der Waals surface area contributed by atoms with Crippen LogP contribution in [0.25, 0.3) is 10.8 Å².